The summed E-state index contributed by atoms with van der Waals surface area (Å²) in [6.07, 6.45) is 0.363. The van der Waals surface area contributed by atoms with Gasteiger partial charge >= 0.3 is 0 Å². The number of hydrogen-bond acceptors (Lipinski definition) is 4. The number of halogens is 1. The molecule has 0 spiro atoms. The molecule has 0 saturated heterocycles. The molecular formula is C15H16ClNO3S. The van der Waals surface area contributed by atoms with Crippen molar-refractivity contribution in [1.82, 2.24) is 0 Å². The predicted octanol–water partition coefficient (Wildman–Crippen LogP) is 3.17. The fraction of sp³-hybridized carbons (Fsp3) is 0.200. The third-order valence-electron chi connectivity index (χ3n) is 2.88. The van der Waals surface area contributed by atoms with Crippen LogP contribution in [0.4, 0.5) is 5.69 Å². The standard InChI is InChI=1S/C15H16ClNO3S/c16-13-8-4-9-14(17)15(13)21(18,19)11-5-10-20-12-6-2-1-3-7-12/h1-4,6-9H,5,10-11,17H2. The monoisotopic (exact) mass is 325 g/mol. The van der Waals surface area contributed by atoms with E-state index in [1.807, 2.05) is 30.3 Å². The molecule has 0 saturated carbocycles. The van der Waals surface area contributed by atoms with Gasteiger partial charge in [0.05, 0.1) is 23.1 Å². The van der Waals surface area contributed by atoms with Gasteiger partial charge in [-0.2, -0.15) is 0 Å². The molecule has 21 heavy (non-hydrogen) atoms. The number of nitrogen functional groups attached to an aromatic ring is 1. The number of ether oxygens (including phenoxy) is 1. The van der Waals surface area contributed by atoms with Gasteiger partial charge in [-0.1, -0.05) is 35.9 Å². The molecule has 0 aliphatic heterocycles. The first-order valence-electron chi connectivity index (χ1n) is 6.45. The maximum Gasteiger partial charge on any atom is 0.182 e. The smallest absolute Gasteiger partial charge is 0.182 e. The van der Waals surface area contributed by atoms with Gasteiger partial charge in [0.25, 0.3) is 0 Å². The molecule has 0 atom stereocenters. The number of sulfone groups is 1. The Hall–Kier alpha value is -1.72. The Morgan fingerprint density at radius 2 is 1.76 bits per heavy atom. The largest absolute Gasteiger partial charge is 0.494 e. The summed E-state index contributed by atoms with van der Waals surface area (Å²) in [7, 11) is -3.51. The molecule has 112 valence electrons. The van der Waals surface area contributed by atoms with E-state index in [0.717, 1.165) is 0 Å². The highest BCUT2D eigenvalue weighted by Crippen LogP contribution is 2.28. The van der Waals surface area contributed by atoms with Gasteiger partial charge in [0, 0.05) is 0 Å². The first-order chi connectivity index (χ1) is 10.0. The molecule has 0 aliphatic rings. The molecule has 0 bridgehead atoms. The molecule has 6 heteroatoms. The van der Waals surface area contributed by atoms with E-state index >= 15 is 0 Å². The SMILES string of the molecule is Nc1cccc(Cl)c1S(=O)(=O)CCCOc1ccccc1. The van der Waals surface area contributed by atoms with Gasteiger partial charge in [-0.25, -0.2) is 8.42 Å². The van der Waals surface area contributed by atoms with Gasteiger partial charge in [0.1, 0.15) is 10.6 Å². The van der Waals surface area contributed by atoms with Crippen LogP contribution in [-0.4, -0.2) is 20.8 Å². The highest BCUT2D eigenvalue weighted by molar-refractivity contribution is 7.91. The maximum absolute atomic E-state index is 12.3. The molecule has 0 unspecified atom stereocenters. The summed E-state index contributed by atoms with van der Waals surface area (Å²) in [4.78, 5) is 0.00591. The van der Waals surface area contributed by atoms with Gasteiger partial charge in [-0.05, 0) is 30.7 Å². The lowest BCUT2D eigenvalue weighted by Gasteiger charge is -2.10. The Bertz CT molecular complexity index is 682. The summed E-state index contributed by atoms with van der Waals surface area (Å²) in [6, 6.07) is 13.9. The third kappa shape index (κ3) is 4.12. The van der Waals surface area contributed by atoms with Crippen LogP contribution in [-0.2, 0) is 9.84 Å². The molecule has 0 aromatic heterocycles. The lowest BCUT2D eigenvalue weighted by molar-refractivity contribution is 0.317. The van der Waals surface area contributed by atoms with Crippen molar-refractivity contribution in [3.63, 3.8) is 0 Å². The summed E-state index contributed by atoms with van der Waals surface area (Å²) in [5.41, 5.74) is 5.88. The fourth-order valence-electron chi connectivity index (χ4n) is 1.91. The van der Waals surface area contributed by atoms with Gasteiger partial charge in [0.2, 0.25) is 0 Å². The Morgan fingerprint density at radius 1 is 1.05 bits per heavy atom. The average Bonchev–Trinajstić information content (AvgIpc) is 2.44. The number of para-hydroxylation sites is 1. The highest BCUT2D eigenvalue weighted by atomic mass is 35.5. The van der Waals surface area contributed by atoms with Crippen molar-refractivity contribution in [2.75, 3.05) is 18.1 Å². The molecule has 0 amide bonds. The van der Waals surface area contributed by atoms with Gasteiger partial charge < -0.3 is 10.5 Å². The van der Waals surface area contributed by atoms with Gasteiger partial charge in [0.15, 0.2) is 9.84 Å². The van der Waals surface area contributed by atoms with E-state index in [2.05, 4.69) is 0 Å². The first-order valence-corrected chi connectivity index (χ1v) is 8.48. The predicted molar refractivity (Wildman–Crippen MR) is 84.5 cm³/mol. The van der Waals surface area contributed by atoms with Crippen LogP contribution in [0.3, 0.4) is 0 Å². The van der Waals surface area contributed by atoms with Crippen LogP contribution in [0.5, 0.6) is 5.75 Å². The minimum Gasteiger partial charge on any atom is -0.494 e. The normalized spacial score (nSPS) is 11.3. The lowest BCUT2D eigenvalue weighted by Crippen LogP contribution is -2.12. The molecule has 2 N–H and O–H groups in total. The lowest BCUT2D eigenvalue weighted by atomic mass is 10.3. The van der Waals surface area contributed by atoms with Gasteiger partial charge in [-0.3, -0.25) is 0 Å². The summed E-state index contributed by atoms with van der Waals surface area (Å²) in [5, 5.41) is 0.152. The number of hydrogen-bond donors (Lipinski definition) is 1. The average molecular weight is 326 g/mol. The van der Waals surface area contributed by atoms with Crippen molar-refractivity contribution < 1.29 is 13.2 Å². The second-order valence-electron chi connectivity index (χ2n) is 4.49. The van der Waals surface area contributed by atoms with Crippen molar-refractivity contribution in [3.8, 4) is 5.75 Å². The number of nitrogens with two attached hydrogens (primary N) is 1. The fourth-order valence-corrected chi connectivity index (χ4v) is 3.94. The van der Waals surface area contributed by atoms with Crippen molar-refractivity contribution in [3.05, 3.63) is 53.6 Å². The van der Waals surface area contributed by atoms with Crippen molar-refractivity contribution in [2.24, 2.45) is 0 Å². The molecule has 2 rings (SSSR count). The zero-order valence-electron chi connectivity index (χ0n) is 11.3. The molecule has 0 fully saturated rings. The molecule has 4 nitrogen and oxygen atoms in total. The number of rotatable bonds is 6. The highest BCUT2D eigenvalue weighted by Gasteiger charge is 2.20. The molecule has 2 aromatic carbocycles. The third-order valence-corrected chi connectivity index (χ3v) is 5.21. The molecule has 2 aromatic rings. The van der Waals surface area contributed by atoms with E-state index in [1.165, 1.54) is 12.1 Å². The van der Waals surface area contributed by atoms with Gasteiger partial charge in [-0.15, -0.1) is 0 Å². The Labute approximate surface area is 129 Å². The molecular weight excluding hydrogens is 310 g/mol. The Morgan fingerprint density at radius 3 is 2.43 bits per heavy atom. The van der Waals surface area contributed by atoms with Crippen LogP contribution in [0.2, 0.25) is 5.02 Å². The van der Waals surface area contributed by atoms with Crippen LogP contribution in [0.25, 0.3) is 0 Å². The Balaban J connectivity index is 1.96. The summed E-state index contributed by atoms with van der Waals surface area (Å²) in [5.74, 6) is 0.653. The van der Waals surface area contributed by atoms with E-state index in [1.54, 1.807) is 6.07 Å². The van der Waals surface area contributed by atoms with Crippen LogP contribution < -0.4 is 10.5 Å². The van der Waals surface area contributed by atoms with E-state index in [-0.39, 0.29) is 21.4 Å². The summed E-state index contributed by atoms with van der Waals surface area (Å²) < 4.78 is 30.0. The summed E-state index contributed by atoms with van der Waals surface area (Å²) in [6.45, 7) is 0.313. The second kappa shape index (κ2) is 6.83. The number of benzene rings is 2. The van der Waals surface area contributed by atoms with Crippen molar-refractivity contribution in [2.45, 2.75) is 11.3 Å². The molecule has 0 radical (unpaired) electrons. The maximum atomic E-state index is 12.3. The van der Waals surface area contributed by atoms with Crippen LogP contribution in [0.15, 0.2) is 53.4 Å². The van der Waals surface area contributed by atoms with E-state index in [9.17, 15) is 8.42 Å². The first kappa shape index (κ1) is 15.7. The molecule has 0 heterocycles. The van der Waals surface area contributed by atoms with Crippen LogP contribution in [0.1, 0.15) is 6.42 Å². The summed E-state index contributed by atoms with van der Waals surface area (Å²) >= 11 is 5.93. The minimum atomic E-state index is -3.51. The molecule has 0 aliphatic carbocycles. The van der Waals surface area contributed by atoms with Crippen molar-refractivity contribution in [1.29, 1.82) is 0 Å². The number of anilines is 1. The van der Waals surface area contributed by atoms with Crippen LogP contribution in [0, 0.1) is 0 Å². The zero-order valence-corrected chi connectivity index (χ0v) is 12.9. The van der Waals surface area contributed by atoms with E-state index in [0.29, 0.717) is 18.8 Å². The topological polar surface area (TPSA) is 69.4 Å². The van der Waals surface area contributed by atoms with E-state index < -0.39 is 9.84 Å². The quantitative estimate of drug-likeness (QED) is 0.654. The minimum absolute atomic E-state index is 0.00591. The van der Waals surface area contributed by atoms with Crippen LogP contribution >= 0.6 is 11.6 Å². The van der Waals surface area contributed by atoms with E-state index in [4.69, 9.17) is 22.1 Å². The second-order valence-corrected chi connectivity index (χ2v) is 6.95. The Kier molecular flexibility index (Phi) is 5.09. The van der Waals surface area contributed by atoms with Crippen molar-refractivity contribution >= 4 is 27.1 Å². The zero-order chi connectivity index (χ0) is 15.3.